The van der Waals surface area contributed by atoms with Crippen molar-refractivity contribution >= 4 is 9.84 Å². The third-order valence-electron chi connectivity index (χ3n) is 5.42. The van der Waals surface area contributed by atoms with E-state index in [1.165, 1.54) is 25.5 Å². The Hall–Kier alpha value is -0.950. The smallest absolute Gasteiger partial charge is 0.175 e. The first-order chi connectivity index (χ1) is 10.7. The molecule has 1 aliphatic heterocycles. The number of benzene rings is 1. The minimum atomic E-state index is -3.21. The first-order valence-corrected chi connectivity index (χ1v) is 10.1. The van der Waals surface area contributed by atoms with Gasteiger partial charge in [-0.05, 0) is 56.8 Å². The van der Waals surface area contributed by atoms with Crippen LogP contribution in [0, 0.1) is 0 Å². The molecular weight excluding hydrogens is 312 g/mol. The van der Waals surface area contributed by atoms with Gasteiger partial charge in [0.1, 0.15) is 0 Å². The lowest BCUT2D eigenvalue weighted by Gasteiger charge is -2.44. The summed E-state index contributed by atoms with van der Waals surface area (Å²) >= 11 is 0. The van der Waals surface area contributed by atoms with E-state index < -0.39 is 15.4 Å². The predicted molar refractivity (Wildman–Crippen MR) is 90.1 cm³/mol. The third kappa shape index (κ3) is 3.31. The van der Waals surface area contributed by atoms with Crippen molar-refractivity contribution in [2.45, 2.75) is 54.7 Å². The molecule has 2 unspecified atom stereocenters. The zero-order valence-electron chi connectivity index (χ0n) is 13.8. The fourth-order valence-corrected chi connectivity index (χ4v) is 4.36. The minimum absolute atomic E-state index is 0.232. The summed E-state index contributed by atoms with van der Waals surface area (Å²) in [6.07, 6.45) is 5.95. The van der Waals surface area contributed by atoms with Crippen molar-refractivity contribution in [3.8, 4) is 0 Å². The molecular formula is C17H26N2O3S. The zero-order valence-corrected chi connectivity index (χ0v) is 14.6. The van der Waals surface area contributed by atoms with Crippen molar-refractivity contribution in [3.05, 3.63) is 29.8 Å². The van der Waals surface area contributed by atoms with Crippen LogP contribution in [0.1, 0.15) is 38.2 Å². The van der Waals surface area contributed by atoms with Crippen molar-refractivity contribution < 1.29 is 13.5 Å². The van der Waals surface area contributed by atoms with Crippen LogP contribution in [-0.4, -0.2) is 44.5 Å². The lowest BCUT2D eigenvalue weighted by atomic mass is 9.72. The SMILES string of the molecule is CC(O)(CNC1CCNC12CCC2)c1ccc(S(C)(=O)=O)cc1. The van der Waals surface area contributed by atoms with Crippen molar-refractivity contribution in [3.63, 3.8) is 0 Å². The van der Waals surface area contributed by atoms with Crippen LogP contribution in [0.2, 0.25) is 0 Å². The quantitative estimate of drug-likeness (QED) is 0.751. The van der Waals surface area contributed by atoms with E-state index >= 15 is 0 Å². The first kappa shape index (κ1) is 16.9. The molecule has 0 amide bonds. The van der Waals surface area contributed by atoms with Crippen LogP contribution in [0.15, 0.2) is 29.2 Å². The molecule has 0 aromatic heterocycles. The Kier molecular flexibility index (Phi) is 4.29. The van der Waals surface area contributed by atoms with Crippen LogP contribution >= 0.6 is 0 Å². The van der Waals surface area contributed by atoms with Crippen molar-refractivity contribution in [1.82, 2.24) is 10.6 Å². The van der Waals surface area contributed by atoms with Gasteiger partial charge in [0.15, 0.2) is 9.84 Å². The first-order valence-electron chi connectivity index (χ1n) is 8.24. The Morgan fingerprint density at radius 3 is 2.52 bits per heavy atom. The Bertz CT molecular complexity index is 664. The van der Waals surface area contributed by atoms with Gasteiger partial charge in [-0.2, -0.15) is 0 Å². The van der Waals surface area contributed by atoms with Crippen molar-refractivity contribution in [2.75, 3.05) is 19.3 Å². The number of nitrogens with one attached hydrogen (secondary N) is 2. The summed E-state index contributed by atoms with van der Waals surface area (Å²) in [6, 6.07) is 6.92. The number of aliphatic hydroxyl groups is 1. The predicted octanol–water partition coefficient (Wildman–Crippen LogP) is 1.17. The molecule has 128 valence electrons. The molecule has 1 aliphatic carbocycles. The molecule has 1 heterocycles. The molecule has 1 aromatic carbocycles. The molecule has 3 N–H and O–H groups in total. The maximum atomic E-state index is 11.5. The summed E-state index contributed by atoms with van der Waals surface area (Å²) < 4.78 is 23.0. The van der Waals surface area contributed by atoms with Crippen LogP contribution in [0.5, 0.6) is 0 Å². The van der Waals surface area contributed by atoms with Gasteiger partial charge < -0.3 is 15.7 Å². The van der Waals surface area contributed by atoms with Crippen LogP contribution in [0.4, 0.5) is 0 Å². The average Bonchev–Trinajstić information content (AvgIpc) is 2.88. The maximum Gasteiger partial charge on any atom is 0.175 e. The average molecular weight is 338 g/mol. The van der Waals surface area contributed by atoms with E-state index in [2.05, 4.69) is 10.6 Å². The Labute approximate surface area is 138 Å². The number of sulfone groups is 1. The Morgan fingerprint density at radius 1 is 1.35 bits per heavy atom. The fraction of sp³-hybridized carbons (Fsp3) is 0.647. The fourth-order valence-electron chi connectivity index (χ4n) is 3.73. The van der Waals surface area contributed by atoms with E-state index in [4.69, 9.17) is 0 Å². The van der Waals surface area contributed by atoms with E-state index in [1.54, 1.807) is 31.2 Å². The third-order valence-corrected chi connectivity index (χ3v) is 6.55. The molecule has 1 spiro atoms. The Morgan fingerprint density at radius 2 is 2.00 bits per heavy atom. The lowest BCUT2D eigenvalue weighted by molar-refractivity contribution is 0.0464. The van der Waals surface area contributed by atoms with E-state index in [1.807, 2.05) is 0 Å². The van der Waals surface area contributed by atoms with Gasteiger partial charge in [0.25, 0.3) is 0 Å². The topological polar surface area (TPSA) is 78.4 Å². The highest BCUT2D eigenvalue weighted by molar-refractivity contribution is 7.90. The summed E-state index contributed by atoms with van der Waals surface area (Å²) in [5.41, 5.74) is -0.0641. The maximum absolute atomic E-state index is 11.5. The second-order valence-electron chi connectivity index (χ2n) is 7.23. The second kappa shape index (κ2) is 5.84. The lowest BCUT2D eigenvalue weighted by Crippen LogP contribution is -2.59. The molecule has 23 heavy (non-hydrogen) atoms. The van der Waals surface area contributed by atoms with Crippen molar-refractivity contribution in [1.29, 1.82) is 0 Å². The number of hydrogen-bond donors (Lipinski definition) is 3. The van der Waals surface area contributed by atoms with Crippen LogP contribution in [0.25, 0.3) is 0 Å². The van der Waals surface area contributed by atoms with Gasteiger partial charge in [0, 0.05) is 24.4 Å². The van der Waals surface area contributed by atoms with Crippen LogP contribution < -0.4 is 10.6 Å². The summed E-state index contributed by atoms with van der Waals surface area (Å²) in [5, 5.41) is 17.9. The van der Waals surface area contributed by atoms with Gasteiger partial charge in [0.2, 0.25) is 0 Å². The molecule has 0 bridgehead atoms. The molecule has 1 aromatic rings. The van der Waals surface area contributed by atoms with Gasteiger partial charge >= 0.3 is 0 Å². The van der Waals surface area contributed by atoms with Gasteiger partial charge in [-0.25, -0.2) is 8.42 Å². The summed E-state index contributed by atoms with van der Waals surface area (Å²) in [7, 11) is -3.21. The van der Waals surface area contributed by atoms with E-state index in [0.29, 0.717) is 12.6 Å². The highest BCUT2D eigenvalue weighted by Crippen LogP contribution is 2.39. The molecule has 5 nitrogen and oxygen atoms in total. The normalized spacial score (nSPS) is 26.0. The Balaban J connectivity index is 1.67. The number of hydrogen-bond acceptors (Lipinski definition) is 5. The molecule has 6 heteroatoms. The zero-order chi connectivity index (χ0) is 16.7. The second-order valence-corrected chi connectivity index (χ2v) is 9.24. The van der Waals surface area contributed by atoms with Gasteiger partial charge in [0.05, 0.1) is 10.5 Å². The summed E-state index contributed by atoms with van der Waals surface area (Å²) in [5.74, 6) is 0. The largest absolute Gasteiger partial charge is 0.384 e. The highest BCUT2D eigenvalue weighted by Gasteiger charge is 2.47. The minimum Gasteiger partial charge on any atom is -0.384 e. The standard InChI is InChI=1S/C17H26N2O3S/c1-16(20,13-4-6-14(7-5-13)23(2,21)22)12-18-15-8-11-19-17(15)9-3-10-17/h4-7,15,18-20H,3,8-12H2,1-2H3. The molecule has 2 aliphatic rings. The van der Waals surface area contributed by atoms with Gasteiger partial charge in [-0.15, -0.1) is 0 Å². The molecule has 0 radical (unpaired) electrons. The van der Waals surface area contributed by atoms with E-state index in [-0.39, 0.29) is 10.4 Å². The van der Waals surface area contributed by atoms with Crippen LogP contribution in [-0.2, 0) is 15.4 Å². The molecule has 1 saturated carbocycles. The van der Waals surface area contributed by atoms with Gasteiger partial charge in [-0.3, -0.25) is 0 Å². The van der Waals surface area contributed by atoms with E-state index in [9.17, 15) is 13.5 Å². The van der Waals surface area contributed by atoms with Crippen molar-refractivity contribution in [2.24, 2.45) is 0 Å². The number of rotatable bonds is 5. The van der Waals surface area contributed by atoms with E-state index in [0.717, 1.165) is 18.5 Å². The summed E-state index contributed by atoms with van der Waals surface area (Å²) in [4.78, 5) is 0.276. The highest BCUT2D eigenvalue weighted by atomic mass is 32.2. The van der Waals surface area contributed by atoms with Crippen LogP contribution in [0.3, 0.4) is 0 Å². The molecule has 3 rings (SSSR count). The summed E-state index contributed by atoms with van der Waals surface area (Å²) in [6.45, 7) is 3.26. The molecule has 2 atom stereocenters. The van der Waals surface area contributed by atoms with Gasteiger partial charge in [-0.1, -0.05) is 12.1 Å². The molecule has 2 fully saturated rings. The monoisotopic (exact) mass is 338 g/mol. The molecule has 1 saturated heterocycles.